The van der Waals surface area contributed by atoms with Gasteiger partial charge >= 0.3 is 0 Å². The van der Waals surface area contributed by atoms with Gasteiger partial charge in [-0.3, -0.25) is 9.69 Å². The summed E-state index contributed by atoms with van der Waals surface area (Å²) in [5.41, 5.74) is 2.19. The number of hydrogen-bond acceptors (Lipinski definition) is 3. The van der Waals surface area contributed by atoms with Crippen LogP contribution in [0.15, 0.2) is 48.5 Å². The maximum Gasteiger partial charge on any atom is 0.224 e. The van der Waals surface area contributed by atoms with Crippen LogP contribution in [-0.4, -0.2) is 31.0 Å². The van der Waals surface area contributed by atoms with Gasteiger partial charge in [0.1, 0.15) is 5.75 Å². The number of amides is 1. The Bertz CT molecular complexity index is 763. The molecule has 5 heteroatoms. The molecule has 1 heterocycles. The largest absolute Gasteiger partial charge is 0.497 e. The van der Waals surface area contributed by atoms with Crippen molar-refractivity contribution in [3.63, 3.8) is 0 Å². The van der Waals surface area contributed by atoms with Gasteiger partial charge in [0.2, 0.25) is 5.91 Å². The van der Waals surface area contributed by atoms with Crippen LogP contribution in [0.4, 0.5) is 0 Å². The normalized spacial score (nSPS) is 18.7. The van der Waals surface area contributed by atoms with E-state index in [9.17, 15) is 4.79 Å². The molecule has 1 aliphatic heterocycles. The lowest BCUT2D eigenvalue weighted by Gasteiger charge is -2.32. The van der Waals surface area contributed by atoms with Crippen LogP contribution in [0.3, 0.4) is 0 Å². The zero-order chi connectivity index (χ0) is 19.2. The maximum absolute atomic E-state index is 12.8. The Labute approximate surface area is 166 Å². The predicted octanol–water partition coefficient (Wildman–Crippen LogP) is 4.44. The van der Waals surface area contributed by atoms with E-state index in [2.05, 4.69) is 16.3 Å². The number of likely N-dealkylation sites (tertiary alicyclic amines) is 1. The molecule has 1 aliphatic rings. The summed E-state index contributed by atoms with van der Waals surface area (Å²) in [6.07, 6.45) is 1.96. The number of benzene rings is 2. The Morgan fingerprint density at radius 2 is 2.00 bits per heavy atom. The van der Waals surface area contributed by atoms with Crippen molar-refractivity contribution in [3.05, 3.63) is 64.7 Å². The van der Waals surface area contributed by atoms with Crippen LogP contribution in [0.2, 0.25) is 5.02 Å². The highest BCUT2D eigenvalue weighted by Gasteiger charge is 2.27. The first-order chi connectivity index (χ1) is 13.1. The van der Waals surface area contributed by atoms with E-state index >= 15 is 0 Å². The highest BCUT2D eigenvalue weighted by atomic mass is 35.5. The molecule has 0 unspecified atom stereocenters. The average molecular weight is 387 g/mol. The monoisotopic (exact) mass is 386 g/mol. The Hall–Kier alpha value is -2.04. The number of methoxy groups -OCH3 is 1. The number of rotatable bonds is 6. The number of hydrogen-bond donors (Lipinski definition) is 1. The lowest BCUT2D eigenvalue weighted by atomic mass is 9.96. The number of piperidine rings is 1. The van der Waals surface area contributed by atoms with E-state index in [4.69, 9.17) is 16.3 Å². The smallest absolute Gasteiger partial charge is 0.224 e. The van der Waals surface area contributed by atoms with Crippen LogP contribution in [0.25, 0.3) is 0 Å². The number of carbonyl (C=O) groups is 1. The molecule has 4 nitrogen and oxygen atoms in total. The molecule has 0 radical (unpaired) electrons. The molecule has 2 aromatic rings. The third kappa shape index (κ3) is 5.24. The molecule has 0 aromatic heterocycles. The first-order valence-electron chi connectivity index (χ1n) is 9.47. The van der Waals surface area contributed by atoms with Gasteiger partial charge in [0, 0.05) is 18.1 Å². The second-order valence-corrected chi connectivity index (χ2v) is 7.58. The van der Waals surface area contributed by atoms with Crippen molar-refractivity contribution >= 4 is 17.5 Å². The molecule has 1 saturated heterocycles. The quantitative estimate of drug-likeness (QED) is 0.798. The van der Waals surface area contributed by atoms with Gasteiger partial charge < -0.3 is 10.1 Å². The Kier molecular flexibility index (Phi) is 6.75. The summed E-state index contributed by atoms with van der Waals surface area (Å²) in [6.45, 7) is 4.58. The van der Waals surface area contributed by atoms with E-state index in [0.29, 0.717) is 0 Å². The van der Waals surface area contributed by atoms with Crippen molar-refractivity contribution < 1.29 is 9.53 Å². The van der Waals surface area contributed by atoms with Gasteiger partial charge in [0.05, 0.1) is 19.1 Å². The zero-order valence-electron chi connectivity index (χ0n) is 16.0. The van der Waals surface area contributed by atoms with Gasteiger partial charge in [-0.25, -0.2) is 0 Å². The summed E-state index contributed by atoms with van der Waals surface area (Å²) < 4.78 is 5.19. The Morgan fingerprint density at radius 1 is 1.26 bits per heavy atom. The van der Waals surface area contributed by atoms with Gasteiger partial charge in [-0.2, -0.15) is 0 Å². The summed E-state index contributed by atoms with van der Waals surface area (Å²) in [7, 11) is 1.65. The second kappa shape index (κ2) is 9.25. The van der Waals surface area contributed by atoms with Crippen molar-refractivity contribution in [2.75, 3.05) is 20.2 Å². The third-order valence-electron chi connectivity index (χ3n) is 5.20. The number of carbonyl (C=O) groups excluding carboxylic acids is 1. The molecule has 3 rings (SSSR count). The van der Waals surface area contributed by atoms with Gasteiger partial charge in [-0.1, -0.05) is 41.9 Å². The molecule has 0 saturated carbocycles. The fourth-order valence-corrected chi connectivity index (χ4v) is 3.78. The van der Waals surface area contributed by atoms with E-state index in [1.54, 1.807) is 7.11 Å². The van der Waals surface area contributed by atoms with Crippen LogP contribution in [-0.2, 0) is 11.3 Å². The summed E-state index contributed by atoms with van der Waals surface area (Å²) >= 11 is 6.29. The summed E-state index contributed by atoms with van der Waals surface area (Å²) in [4.78, 5) is 15.1. The SMILES string of the molecule is COc1ccc([C@H](C)NC(=O)[C@H]2CCCN(Cc3ccccc3Cl)C2)cc1. The highest BCUT2D eigenvalue weighted by molar-refractivity contribution is 6.31. The molecule has 1 fully saturated rings. The molecule has 0 spiro atoms. The van der Waals surface area contributed by atoms with Gasteiger partial charge in [0.15, 0.2) is 0 Å². The van der Waals surface area contributed by atoms with Gasteiger partial charge in [0.25, 0.3) is 0 Å². The summed E-state index contributed by atoms with van der Waals surface area (Å²) in [5.74, 6) is 0.962. The van der Waals surface area contributed by atoms with Crippen LogP contribution >= 0.6 is 11.6 Å². The van der Waals surface area contributed by atoms with E-state index < -0.39 is 0 Å². The number of halogens is 1. The van der Waals surface area contributed by atoms with Crippen molar-refractivity contribution in [2.45, 2.75) is 32.4 Å². The van der Waals surface area contributed by atoms with Gasteiger partial charge in [-0.05, 0) is 55.6 Å². The molecule has 2 aromatic carbocycles. The van der Waals surface area contributed by atoms with E-state index in [0.717, 1.165) is 54.4 Å². The standard InChI is InChI=1S/C22H27ClN2O2/c1-16(17-9-11-20(27-2)12-10-17)24-22(26)19-7-5-13-25(15-19)14-18-6-3-4-8-21(18)23/h3-4,6,8-12,16,19H,5,7,13-15H2,1-2H3,(H,24,26)/t16-,19-/m0/s1. The van der Waals surface area contributed by atoms with E-state index in [1.165, 1.54) is 0 Å². The highest BCUT2D eigenvalue weighted by Crippen LogP contribution is 2.23. The Morgan fingerprint density at radius 3 is 2.70 bits per heavy atom. The fourth-order valence-electron chi connectivity index (χ4n) is 3.59. The third-order valence-corrected chi connectivity index (χ3v) is 5.57. The molecular weight excluding hydrogens is 360 g/mol. The minimum absolute atomic E-state index is 0.0157. The van der Waals surface area contributed by atoms with Crippen molar-refractivity contribution in [2.24, 2.45) is 5.92 Å². The first-order valence-corrected chi connectivity index (χ1v) is 9.84. The van der Waals surface area contributed by atoms with Crippen LogP contribution < -0.4 is 10.1 Å². The Balaban J connectivity index is 1.56. The lowest BCUT2D eigenvalue weighted by molar-refractivity contribution is -0.127. The fraction of sp³-hybridized carbons (Fsp3) is 0.409. The van der Waals surface area contributed by atoms with Crippen LogP contribution in [0, 0.1) is 5.92 Å². The topological polar surface area (TPSA) is 41.6 Å². The van der Waals surface area contributed by atoms with Crippen molar-refractivity contribution in [1.29, 1.82) is 0 Å². The van der Waals surface area contributed by atoms with E-state index in [-0.39, 0.29) is 17.9 Å². The first kappa shape index (κ1) is 19.7. The minimum Gasteiger partial charge on any atom is -0.497 e. The van der Waals surface area contributed by atoms with Crippen LogP contribution in [0.1, 0.15) is 36.9 Å². The molecule has 1 N–H and O–H groups in total. The molecule has 144 valence electrons. The molecule has 1 amide bonds. The number of nitrogens with one attached hydrogen (secondary N) is 1. The number of nitrogens with zero attached hydrogens (tertiary/aromatic N) is 1. The van der Waals surface area contributed by atoms with Crippen LogP contribution in [0.5, 0.6) is 5.75 Å². The number of ether oxygens (including phenoxy) is 1. The molecule has 0 aliphatic carbocycles. The molecule has 0 bridgehead atoms. The summed E-state index contributed by atoms with van der Waals surface area (Å²) in [6, 6.07) is 15.7. The molecule has 27 heavy (non-hydrogen) atoms. The minimum atomic E-state index is -0.0256. The van der Waals surface area contributed by atoms with Crippen molar-refractivity contribution in [1.82, 2.24) is 10.2 Å². The maximum atomic E-state index is 12.8. The van der Waals surface area contributed by atoms with Crippen molar-refractivity contribution in [3.8, 4) is 5.75 Å². The molecule has 2 atom stereocenters. The van der Waals surface area contributed by atoms with E-state index in [1.807, 2.05) is 49.4 Å². The summed E-state index contributed by atoms with van der Waals surface area (Å²) in [5, 5.41) is 3.96. The zero-order valence-corrected chi connectivity index (χ0v) is 16.7. The molecular formula is C22H27ClN2O2. The van der Waals surface area contributed by atoms with Gasteiger partial charge in [-0.15, -0.1) is 0 Å². The second-order valence-electron chi connectivity index (χ2n) is 7.17. The average Bonchev–Trinajstić information content (AvgIpc) is 2.70. The predicted molar refractivity (Wildman–Crippen MR) is 109 cm³/mol. The lowest BCUT2D eigenvalue weighted by Crippen LogP contribution is -2.43.